The highest BCUT2D eigenvalue weighted by Gasteiger charge is 2.08. The maximum absolute atomic E-state index is 4.75. The molecule has 0 amide bonds. The fourth-order valence-corrected chi connectivity index (χ4v) is 3.56. The van der Waals surface area contributed by atoms with Gasteiger partial charge in [0.1, 0.15) is 5.82 Å². The average Bonchev–Trinajstić information content (AvgIpc) is 3.12. The highest BCUT2D eigenvalue weighted by molar-refractivity contribution is 5.75. The zero-order valence-electron chi connectivity index (χ0n) is 16.3. The fraction of sp³-hybridized carbons (Fsp3) is 0.250. The van der Waals surface area contributed by atoms with Crippen molar-refractivity contribution >= 4 is 16.7 Å². The maximum atomic E-state index is 4.75. The van der Waals surface area contributed by atoms with Crippen molar-refractivity contribution in [2.24, 2.45) is 0 Å². The van der Waals surface area contributed by atoms with E-state index in [9.17, 15) is 0 Å². The van der Waals surface area contributed by atoms with E-state index < -0.39 is 0 Å². The number of aromatic nitrogens is 3. The first-order valence-corrected chi connectivity index (χ1v) is 10.0. The van der Waals surface area contributed by atoms with Gasteiger partial charge in [0, 0.05) is 37.0 Å². The minimum atomic E-state index is 0.968. The first-order chi connectivity index (χ1) is 13.8. The molecule has 28 heavy (non-hydrogen) atoms. The van der Waals surface area contributed by atoms with Crippen molar-refractivity contribution in [3.8, 4) is 11.3 Å². The van der Waals surface area contributed by atoms with Gasteiger partial charge in [-0.25, -0.2) is 4.98 Å². The summed E-state index contributed by atoms with van der Waals surface area (Å²) in [5, 5.41) is 3.52. The number of nitrogens with one attached hydrogen (secondary N) is 1. The van der Waals surface area contributed by atoms with Gasteiger partial charge < -0.3 is 9.88 Å². The predicted octanol–water partition coefficient (Wildman–Crippen LogP) is 5.55. The van der Waals surface area contributed by atoms with E-state index in [1.54, 1.807) is 0 Å². The summed E-state index contributed by atoms with van der Waals surface area (Å²) in [6, 6.07) is 22.9. The molecule has 0 unspecified atom stereocenters. The van der Waals surface area contributed by atoms with Gasteiger partial charge in [-0.2, -0.15) is 0 Å². The molecule has 0 aliphatic rings. The molecule has 1 N–H and O–H groups in total. The van der Waals surface area contributed by atoms with Crippen molar-refractivity contribution in [2.75, 3.05) is 11.9 Å². The summed E-state index contributed by atoms with van der Waals surface area (Å²) >= 11 is 0. The number of hydrogen-bond acceptors (Lipinski definition) is 3. The Kier molecular flexibility index (Phi) is 5.66. The molecule has 2 aromatic carbocycles. The van der Waals surface area contributed by atoms with E-state index >= 15 is 0 Å². The van der Waals surface area contributed by atoms with Gasteiger partial charge in [-0.15, -0.1) is 0 Å². The van der Waals surface area contributed by atoms with E-state index in [1.165, 1.54) is 11.3 Å². The summed E-state index contributed by atoms with van der Waals surface area (Å²) in [6.45, 7) is 4.16. The van der Waals surface area contributed by atoms with Crippen molar-refractivity contribution in [2.45, 2.75) is 32.7 Å². The lowest BCUT2D eigenvalue weighted by Gasteiger charge is -2.10. The van der Waals surface area contributed by atoms with Gasteiger partial charge >= 0.3 is 0 Å². The van der Waals surface area contributed by atoms with Crippen molar-refractivity contribution in [3.63, 3.8) is 0 Å². The van der Waals surface area contributed by atoms with Crippen LogP contribution in [0.25, 0.3) is 22.3 Å². The number of pyridine rings is 1. The molecule has 2 heterocycles. The zero-order valence-corrected chi connectivity index (χ0v) is 16.3. The Balaban J connectivity index is 1.29. The second kappa shape index (κ2) is 8.70. The first-order valence-electron chi connectivity index (χ1n) is 10.0. The summed E-state index contributed by atoms with van der Waals surface area (Å²) in [5.74, 6) is 1.18. The molecule has 0 fully saturated rings. The number of para-hydroxylation sites is 2. The molecule has 4 rings (SSSR count). The van der Waals surface area contributed by atoms with Crippen LogP contribution in [0.3, 0.4) is 0 Å². The lowest BCUT2D eigenvalue weighted by Crippen LogP contribution is -2.06. The van der Waals surface area contributed by atoms with Gasteiger partial charge in [-0.05, 0) is 49.2 Å². The minimum absolute atomic E-state index is 0.968. The number of hydrogen-bond donors (Lipinski definition) is 1. The van der Waals surface area contributed by atoms with E-state index in [2.05, 4.69) is 70.3 Å². The molecule has 0 atom stereocenters. The van der Waals surface area contributed by atoms with Crippen LogP contribution in [0, 0.1) is 0 Å². The van der Waals surface area contributed by atoms with E-state index in [0.717, 1.165) is 54.8 Å². The largest absolute Gasteiger partial charge is 0.385 e. The molecule has 2 aromatic heterocycles. The number of rotatable bonds is 8. The molecular weight excluding hydrogens is 344 g/mol. The zero-order chi connectivity index (χ0) is 19.2. The quantitative estimate of drug-likeness (QED) is 0.413. The van der Waals surface area contributed by atoms with E-state index in [4.69, 9.17) is 4.98 Å². The molecule has 0 radical (unpaired) electrons. The van der Waals surface area contributed by atoms with Crippen LogP contribution in [-0.2, 0) is 13.0 Å². The molecule has 0 saturated carbocycles. The van der Waals surface area contributed by atoms with Gasteiger partial charge in [-0.1, -0.05) is 37.3 Å². The molecule has 0 spiro atoms. The van der Waals surface area contributed by atoms with Crippen molar-refractivity contribution in [3.05, 3.63) is 78.8 Å². The molecule has 0 saturated heterocycles. The van der Waals surface area contributed by atoms with Crippen molar-refractivity contribution < 1.29 is 0 Å². The number of imidazole rings is 1. The van der Waals surface area contributed by atoms with Crippen LogP contribution in [0.2, 0.25) is 0 Å². The van der Waals surface area contributed by atoms with Crippen LogP contribution in [0.1, 0.15) is 25.6 Å². The third-order valence-corrected chi connectivity index (χ3v) is 5.03. The lowest BCUT2D eigenvalue weighted by molar-refractivity contribution is 0.611. The first kappa shape index (κ1) is 18.2. The van der Waals surface area contributed by atoms with Crippen LogP contribution < -0.4 is 5.32 Å². The van der Waals surface area contributed by atoms with Crippen molar-refractivity contribution in [1.29, 1.82) is 0 Å². The summed E-state index contributed by atoms with van der Waals surface area (Å²) in [6.07, 6.45) is 5.05. The van der Waals surface area contributed by atoms with Gasteiger partial charge in [0.2, 0.25) is 0 Å². The minimum Gasteiger partial charge on any atom is -0.385 e. The lowest BCUT2D eigenvalue weighted by atomic mass is 10.1. The smallest absolute Gasteiger partial charge is 0.109 e. The number of anilines is 1. The Bertz CT molecular complexity index is 1020. The third-order valence-electron chi connectivity index (χ3n) is 5.03. The molecule has 0 bridgehead atoms. The van der Waals surface area contributed by atoms with Gasteiger partial charge in [-0.3, -0.25) is 4.98 Å². The molecular formula is C24H26N4. The average molecular weight is 370 g/mol. The van der Waals surface area contributed by atoms with E-state index in [1.807, 2.05) is 24.4 Å². The summed E-state index contributed by atoms with van der Waals surface area (Å²) in [4.78, 5) is 9.15. The fourth-order valence-electron chi connectivity index (χ4n) is 3.56. The highest BCUT2D eigenvalue weighted by atomic mass is 15.1. The monoisotopic (exact) mass is 370 g/mol. The van der Waals surface area contributed by atoms with Crippen molar-refractivity contribution in [1.82, 2.24) is 14.5 Å². The SMILES string of the molecule is CCc1nc2ccccc2n1CCCCNc1ccc(-c2ccccn2)cc1. The van der Waals surface area contributed by atoms with Gasteiger partial charge in [0.25, 0.3) is 0 Å². The van der Waals surface area contributed by atoms with Crippen LogP contribution in [0.5, 0.6) is 0 Å². The standard InChI is InChI=1S/C24H26N4/c1-2-24-27-22-10-3-4-11-23(22)28(24)18-8-7-16-25-20-14-12-19(13-15-20)21-9-5-6-17-26-21/h3-6,9-15,17,25H,2,7-8,16,18H2,1H3. The third kappa shape index (κ3) is 4.06. The van der Waals surface area contributed by atoms with Crippen LogP contribution >= 0.6 is 0 Å². The van der Waals surface area contributed by atoms with Crippen LogP contribution in [-0.4, -0.2) is 21.1 Å². The Morgan fingerprint density at radius 3 is 2.50 bits per heavy atom. The van der Waals surface area contributed by atoms with E-state index in [-0.39, 0.29) is 0 Å². The Labute approximate surface area is 166 Å². The Hall–Kier alpha value is -3.14. The molecule has 4 nitrogen and oxygen atoms in total. The summed E-state index contributed by atoms with van der Waals surface area (Å²) in [5.41, 5.74) is 5.66. The second-order valence-corrected chi connectivity index (χ2v) is 6.95. The molecule has 4 aromatic rings. The Morgan fingerprint density at radius 1 is 0.893 bits per heavy atom. The topological polar surface area (TPSA) is 42.7 Å². The number of fused-ring (bicyclic) bond motifs is 1. The van der Waals surface area contributed by atoms with E-state index in [0.29, 0.717) is 0 Å². The second-order valence-electron chi connectivity index (χ2n) is 6.95. The number of unbranched alkanes of at least 4 members (excludes halogenated alkanes) is 1. The van der Waals surface area contributed by atoms with Gasteiger partial charge in [0.05, 0.1) is 16.7 Å². The molecule has 4 heteroatoms. The molecule has 0 aliphatic carbocycles. The van der Waals surface area contributed by atoms with Crippen LogP contribution in [0.15, 0.2) is 72.9 Å². The number of aryl methyl sites for hydroxylation is 2. The summed E-state index contributed by atoms with van der Waals surface area (Å²) < 4.78 is 2.37. The van der Waals surface area contributed by atoms with Gasteiger partial charge in [0.15, 0.2) is 0 Å². The number of nitrogens with zero attached hydrogens (tertiary/aromatic N) is 3. The normalized spacial score (nSPS) is 11.0. The maximum Gasteiger partial charge on any atom is 0.109 e. The summed E-state index contributed by atoms with van der Waals surface area (Å²) in [7, 11) is 0. The highest BCUT2D eigenvalue weighted by Crippen LogP contribution is 2.20. The van der Waals surface area contributed by atoms with Crippen LogP contribution in [0.4, 0.5) is 5.69 Å². The Morgan fingerprint density at radius 2 is 1.71 bits per heavy atom. The number of benzene rings is 2. The molecule has 0 aliphatic heterocycles. The molecule has 142 valence electrons. The predicted molar refractivity (Wildman–Crippen MR) is 117 cm³/mol.